The van der Waals surface area contributed by atoms with Gasteiger partial charge >= 0.3 is 0 Å². The van der Waals surface area contributed by atoms with Crippen LogP contribution in [0.4, 0.5) is 0 Å². The molecule has 0 spiro atoms. The molecule has 7 heteroatoms. The maximum absolute atomic E-state index is 12.1. The highest BCUT2D eigenvalue weighted by atomic mass is 35.5. The fourth-order valence-electron chi connectivity index (χ4n) is 2.25. The molecule has 2 aromatic heterocycles. The van der Waals surface area contributed by atoms with Gasteiger partial charge in [-0.25, -0.2) is 0 Å². The van der Waals surface area contributed by atoms with Crippen LogP contribution in [0, 0.1) is 0 Å². The average Bonchev–Trinajstić information content (AvgIpc) is 3.07. The van der Waals surface area contributed by atoms with Gasteiger partial charge in [0.1, 0.15) is 0 Å². The molecule has 0 unspecified atom stereocenters. The Balaban J connectivity index is 0.00000147. The third-order valence-corrected chi connectivity index (χ3v) is 4.03. The number of nitrogens with zero attached hydrogens (tertiary/aromatic N) is 1. The second-order valence-electron chi connectivity index (χ2n) is 4.59. The van der Waals surface area contributed by atoms with Crippen molar-refractivity contribution in [2.24, 2.45) is 0 Å². The van der Waals surface area contributed by atoms with Crippen LogP contribution in [0.1, 0.15) is 27.3 Å². The van der Waals surface area contributed by atoms with Crippen molar-refractivity contribution in [2.45, 2.75) is 19.4 Å². The number of hydrogen-bond donors (Lipinski definition) is 3. The Morgan fingerprint density at radius 3 is 3.20 bits per heavy atom. The molecule has 1 amide bonds. The molecule has 0 aliphatic carbocycles. The molecule has 108 valence electrons. The highest BCUT2D eigenvalue weighted by molar-refractivity contribution is 7.07. The molecule has 0 fully saturated rings. The summed E-state index contributed by atoms with van der Waals surface area (Å²) in [5.41, 5.74) is 3.89. The van der Waals surface area contributed by atoms with Gasteiger partial charge in [-0.05, 0) is 28.8 Å². The third kappa shape index (κ3) is 3.20. The zero-order valence-electron chi connectivity index (χ0n) is 10.9. The monoisotopic (exact) mass is 312 g/mol. The highest BCUT2D eigenvalue weighted by Crippen LogP contribution is 2.15. The third-order valence-electron chi connectivity index (χ3n) is 3.30. The first-order valence-electron chi connectivity index (χ1n) is 6.40. The Labute approximate surface area is 127 Å². The van der Waals surface area contributed by atoms with Gasteiger partial charge < -0.3 is 10.6 Å². The van der Waals surface area contributed by atoms with Crippen molar-refractivity contribution in [3.05, 3.63) is 39.3 Å². The van der Waals surface area contributed by atoms with Crippen molar-refractivity contribution in [3.8, 4) is 0 Å². The van der Waals surface area contributed by atoms with Crippen molar-refractivity contribution < 1.29 is 4.79 Å². The molecule has 3 heterocycles. The maximum atomic E-state index is 12.1. The molecule has 2 aromatic rings. The van der Waals surface area contributed by atoms with Gasteiger partial charge in [-0.1, -0.05) is 0 Å². The van der Waals surface area contributed by atoms with E-state index in [2.05, 4.69) is 32.3 Å². The van der Waals surface area contributed by atoms with Crippen molar-refractivity contribution in [3.63, 3.8) is 0 Å². The Morgan fingerprint density at radius 2 is 2.40 bits per heavy atom. The second kappa shape index (κ2) is 6.88. The van der Waals surface area contributed by atoms with Crippen LogP contribution in [0.3, 0.4) is 0 Å². The minimum Gasteiger partial charge on any atom is -0.350 e. The first kappa shape index (κ1) is 15.0. The number of nitrogens with one attached hydrogen (secondary N) is 3. The largest absolute Gasteiger partial charge is 0.350 e. The lowest BCUT2D eigenvalue weighted by atomic mass is 10.1. The molecule has 0 saturated carbocycles. The van der Waals surface area contributed by atoms with Crippen LogP contribution in [-0.2, 0) is 19.4 Å². The lowest BCUT2D eigenvalue weighted by molar-refractivity contribution is 0.0948. The highest BCUT2D eigenvalue weighted by Gasteiger charge is 2.20. The Morgan fingerprint density at radius 1 is 1.50 bits per heavy atom. The standard InChI is InChI=1S/C13H16N4OS.ClH/c18-13(15-5-1-9-3-6-19-8-9)12-10-7-14-4-2-11(10)16-17-12;/h3,6,8,14H,1-2,4-5,7H2,(H,15,18)(H,16,17);1H. The van der Waals surface area contributed by atoms with Crippen LogP contribution in [0.25, 0.3) is 0 Å². The van der Waals surface area contributed by atoms with Crippen LogP contribution >= 0.6 is 23.7 Å². The van der Waals surface area contributed by atoms with Crippen molar-refractivity contribution in [1.82, 2.24) is 20.8 Å². The number of hydrogen-bond acceptors (Lipinski definition) is 4. The van der Waals surface area contributed by atoms with Crippen molar-refractivity contribution in [2.75, 3.05) is 13.1 Å². The Bertz CT molecular complexity index is 567. The van der Waals surface area contributed by atoms with Gasteiger partial charge in [0.25, 0.3) is 5.91 Å². The topological polar surface area (TPSA) is 69.8 Å². The number of aromatic amines is 1. The van der Waals surface area contributed by atoms with Crippen LogP contribution in [0.2, 0.25) is 0 Å². The number of H-pyrrole nitrogens is 1. The molecule has 0 saturated heterocycles. The van der Waals surface area contributed by atoms with E-state index < -0.39 is 0 Å². The summed E-state index contributed by atoms with van der Waals surface area (Å²) in [6.45, 7) is 2.30. The normalized spacial score (nSPS) is 13.4. The number of thiophene rings is 1. The zero-order chi connectivity index (χ0) is 13.1. The first-order valence-corrected chi connectivity index (χ1v) is 7.35. The van der Waals surface area contributed by atoms with Gasteiger partial charge in [0, 0.05) is 37.3 Å². The molecule has 0 atom stereocenters. The van der Waals surface area contributed by atoms with E-state index in [9.17, 15) is 4.79 Å². The van der Waals surface area contributed by atoms with E-state index in [1.165, 1.54) is 5.56 Å². The molecular weight excluding hydrogens is 296 g/mol. The second-order valence-corrected chi connectivity index (χ2v) is 5.37. The predicted molar refractivity (Wildman–Crippen MR) is 81.6 cm³/mol. The van der Waals surface area contributed by atoms with E-state index >= 15 is 0 Å². The number of carbonyl (C=O) groups excluding carboxylic acids is 1. The molecular formula is C13H17ClN4OS. The predicted octanol–water partition coefficient (Wildman–Crippen LogP) is 1.51. The summed E-state index contributed by atoms with van der Waals surface area (Å²) in [5, 5.41) is 17.4. The van der Waals surface area contributed by atoms with Crippen molar-refractivity contribution >= 4 is 29.7 Å². The van der Waals surface area contributed by atoms with Crippen LogP contribution in [0.5, 0.6) is 0 Å². The smallest absolute Gasteiger partial charge is 0.272 e. The summed E-state index contributed by atoms with van der Waals surface area (Å²) in [5.74, 6) is -0.0866. The lowest BCUT2D eigenvalue weighted by Gasteiger charge is -2.12. The van der Waals surface area contributed by atoms with E-state index in [4.69, 9.17) is 0 Å². The summed E-state index contributed by atoms with van der Waals surface area (Å²) >= 11 is 1.68. The molecule has 20 heavy (non-hydrogen) atoms. The molecule has 3 N–H and O–H groups in total. The van der Waals surface area contributed by atoms with E-state index in [0.717, 1.165) is 37.2 Å². The fraction of sp³-hybridized carbons (Fsp3) is 0.385. The number of fused-ring (bicyclic) bond motifs is 1. The van der Waals surface area contributed by atoms with Crippen molar-refractivity contribution in [1.29, 1.82) is 0 Å². The van der Waals surface area contributed by atoms with E-state index in [1.807, 2.05) is 5.38 Å². The number of halogens is 1. The minimum absolute atomic E-state index is 0. The van der Waals surface area contributed by atoms with E-state index in [1.54, 1.807) is 11.3 Å². The quantitative estimate of drug-likeness (QED) is 0.801. The van der Waals surface area contributed by atoms with Gasteiger partial charge in [-0.2, -0.15) is 16.4 Å². The maximum Gasteiger partial charge on any atom is 0.272 e. The van der Waals surface area contributed by atoms with Gasteiger partial charge in [0.2, 0.25) is 0 Å². The summed E-state index contributed by atoms with van der Waals surface area (Å²) < 4.78 is 0. The minimum atomic E-state index is -0.0866. The zero-order valence-corrected chi connectivity index (χ0v) is 12.6. The first-order chi connectivity index (χ1) is 9.34. The summed E-state index contributed by atoms with van der Waals surface area (Å²) in [4.78, 5) is 12.1. The molecule has 0 bridgehead atoms. The van der Waals surface area contributed by atoms with Gasteiger partial charge in [-0.15, -0.1) is 12.4 Å². The molecule has 0 aromatic carbocycles. The number of rotatable bonds is 4. The lowest BCUT2D eigenvalue weighted by Crippen LogP contribution is -2.29. The molecule has 3 rings (SSSR count). The van der Waals surface area contributed by atoms with Crippen LogP contribution in [-0.4, -0.2) is 29.2 Å². The summed E-state index contributed by atoms with van der Waals surface area (Å²) in [6.07, 6.45) is 1.77. The summed E-state index contributed by atoms with van der Waals surface area (Å²) in [7, 11) is 0. The Kier molecular flexibility index (Phi) is 5.17. The van der Waals surface area contributed by atoms with Gasteiger partial charge in [0.05, 0.1) is 0 Å². The van der Waals surface area contributed by atoms with Crippen LogP contribution < -0.4 is 10.6 Å². The fourth-order valence-corrected chi connectivity index (χ4v) is 2.96. The van der Waals surface area contributed by atoms with Gasteiger partial charge in [0.15, 0.2) is 5.69 Å². The average molecular weight is 313 g/mol. The number of carbonyl (C=O) groups is 1. The molecule has 0 radical (unpaired) electrons. The van der Waals surface area contributed by atoms with E-state index in [-0.39, 0.29) is 18.3 Å². The number of aromatic nitrogens is 2. The number of amides is 1. The summed E-state index contributed by atoms with van der Waals surface area (Å²) in [6, 6.07) is 2.08. The Hall–Kier alpha value is -1.37. The molecule has 1 aliphatic heterocycles. The SMILES string of the molecule is Cl.O=C(NCCc1ccsc1)c1n[nH]c2c1CNCC2. The van der Waals surface area contributed by atoms with Crippen LogP contribution in [0.15, 0.2) is 16.8 Å². The molecule has 1 aliphatic rings. The molecule has 5 nitrogen and oxygen atoms in total. The van der Waals surface area contributed by atoms with Gasteiger partial charge in [-0.3, -0.25) is 9.89 Å². The van der Waals surface area contributed by atoms with E-state index in [0.29, 0.717) is 12.2 Å².